The first-order valence-electron chi connectivity index (χ1n) is 8.75. The van der Waals surface area contributed by atoms with Crippen molar-refractivity contribution in [2.75, 3.05) is 0 Å². The highest BCUT2D eigenvalue weighted by Gasteiger charge is 2.24. The number of fused-ring (bicyclic) bond motifs is 4. The lowest BCUT2D eigenvalue weighted by Crippen LogP contribution is -2.16. The number of hydrogen-bond donors (Lipinski definition) is 1. The Kier molecular flexibility index (Phi) is 2.99. The lowest BCUT2D eigenvalue weighted by atomic mass is 9.83. The second-order valence-electron chi connectivity index (χ2n) is 7.22. The zero-order chi connectivity index (χ0) is 18.0. The minimum absolute atomic E-state index is 0.0161. The molecule has 0 bridgehead atoms. The Morgan fingerprint density at radius 2 is 1.42 bits per heavy atom. The van der Waals surface area contributed by atoms with Crippen LogP contribution < -0.4 is 5.43 Å². The van der Waals surface area contributed by atoms with Gasteiger partial charge in [0.1, 0.15) is 0 Å². The van der Waals surface area contributed by atoms with Gasteiger partial charge in [0.05, 0.1) is 5.52 Å². The van der Waals surface area contributed by atoms with E-state index in [1.54, 1.807) is 0 Å². The summed E-state index contributed by atoms with van der Waals surface area (Å²) in [6.07, 6.45) is 0.678. The van der Waals surface area contributed by atoms with Gasteiger partial charge in [0.15, 0.2) is 11.2 Å². The van der Waals surface area contributed by atoms with Crippen LogP contribution >= 0.6 is 0 Å². The number of pyridine rings is 1. The third kappa shape index (κ3) is 2.07. The average molecular weight is 339 g/mol. The molecule has 1 N–H and O–H groups in total. The molecule has 1 aromatic heterocycles. The van der Waals surface area contributed by atoms with E-state index in [9.17, 15) is 9.59 Å². The van der Waals surface area contributed by atoms with Crippen LogP contribution in [0.2, 0.25) is 0 Å². The predicted octanol–water partition coefficient (Wildman–Crippen LogP) is 4.43. The molecule has 1 aliphatic carbocycles. The number of carbonyl (C=O) groups is 1. The first-order valence-corrected chi connectivity index (χ1v) is 8.75. The highest BCUT2D eigenvalue weighted by atomic mass is 16.1. The van der Waals surface area contributed by atoms with Crippen LogP contribution in [0.15, 0.2) is 53.3 Å². The van der Waals surface area contributed by atoms with Crippen LogP contribution in [-0.2, 0) is 6.42 Å². The van der Waals surface area contributed by atoms with Gasteiger partial charge in [0.2, 0.25) is 0 Å². The quantitative estimate of drug-likeness (QED) is 0.424. The van der Waals surface area contributed by atoms with Gasteiger partial charge in [0, 0.05) is 27.4 Å². The zero-order valence-electron chi connectivity index (χ0n) is 14.6. The number of hydrogen-bond acceptors (Lipinski definition) is 2. The van der Waals surface area contributed by atoms with E-state index >= 15 is 0 Å². The normalized spacial score (nSPS) is 13.1. The molecule has 0 atom stereocenters. The molecule has 0 radical (unpaired) electrons. The van der Waals surface area contributed by atoms with Crippen LogP contribution in [0, 0.1) is 13.8 Å². The van der Waals surface area contributed by atoms with Gasteiger partial charge in [-0.2, -0.15) is 0 Å². The molecular weight excluding hydrogens is 322 g/mol. The Morgan fingerprint density at radius 1 is 0.731 bits per heavy atom. The number of aromatic amines is 1. The molecule has 5 rings (SSSR count). The van der Waals surface area contributed by atoms with E-state index in [0.29, 0.717) is 22.8 Å². The standard InChI is InChI=1S/C23H17NO2/c1-12-3-5-14-9-15-10-19-21(11-17(15)22(25)16(14)7-12)24-20-6-4-13(2)8-18(20)23(19)26/h3-8,10-11H,9H2,1-2H3,(H,24,26). The fourth-order valence-corrected chi connectivity index (χ4v) is 3.94. The second kappa shape index (κ2) is 5.15. The van der Waals surface area contributed by atoms with Crippen LogP contribution in [0.25, 0.3) is 21.8 Å². The zero-order valence-corrected chi connectivity index (χ0v) is 14.6. The van der Waals surface area contributed by atoms with E-state index in [1.807, 2.05) is 62.4 Å². The van der Waals surface area contributed by atoms with Gasteiger partial charge in [-0.3, -0.25) is 9.59 Å². The van der Waals surface area contributed by atoms with Gasteiger partial charge >= 0.3 is 0 Å². The van der Waals surface area contributed by atoms with E-state index in [2.05, 4.69) is 4.98 Å². The van der Waals surface area contributed by atoms with Crippen molar-refractivity contribution in [2.24, 2.45) is 0 Å². The molecule has 26 heavy (non-hydrogen) atoms. The van der Waals surface area contributed by atoms with E-state index in [1.165, 1.54) is 0 Å². The number of benzene rings is 3. The first-order chi connectivity index (χ1) is 12.5. The number of carbonyl (C=O) groups excluding carboxylic acids is 1. The lowest BCUT2D eigenvalue weighted by molar-refractivity contribution is 0.103. The fraction of sp³-hybridized carbons (Fsp3) is 0.130. The number of nitrogens with one attached hydrogen (secondary N) is 1. The summed E-state index contributed by atoms with van der Waals surface area (Å²) in [5.74, 6) is 0.0386. The van der Waals surface area contributed by atoms with Crippen LogP contribution in [0.4, 0.5) is 0 Å². The molecule has 0 fully saturated rings. The summed E-state index contributed by atoms with van der Waals surface area (Å²) in [7, 11) is 0. The monoisotopic (exact) mass is 339 g/mol. The molecule has 0 unspecified atom stereocenters. The molecule has 0 saturated heterocycles. The summed E-state index contributed by atoms with van der Waals surface area (Å²) in [6.45, 7) is 3.97. The molecule has 1 aliphatic rings. The highest BCUT2D eigenvalue weighted by Crippen LogP contribution is 2.30. The number of aromatic nitrogens is 1. The summed E-state index contributed by atoms with van der Waals surface area (Å²) >= 11 is 0. The SMILES string of the molecule is Cc1ccc2c(c1)C(=O)c1cc3[nH]c4ccc(C)cc4c(=O)c3cc1C2. The summed E-state index contributed by atoms with van der Waals surface area (Å²) in [4.78, 5) is 29.3. The van der Waals surface area contributed by atoms with Crippen molar-refractivity contribution >= 4 is 27.6 Å². The molecule has 126 valence electrons. The average Bonchev–Trinajstić information content (AvgIpc) is 2.63. The van der Waals surface area contributed by atoms with Gasteiger partial charge in [-0.15, -0.1) is 0 Å². The maximum Gasteiger partial charge on any atom is 0.197 e. The van der Waals surface area contributed by atoms with Crippen LogP contribution in [0.5, 0.6) is 0 Å². The molecule has 4 aromatic rings. The largest absolute Gasteiger partial charge is 0.354 e. The highest BCUT2D eigenvalue weighted by molar-refractivity contribution is 6.14. The van der Waals surface area contributed by atoms with Crippen molar-refractivity contribution in [3.8, 4) is 0 Å². The van der Waals surface area contributed by atoms with Gasteiger partial charge < -0.3 is 4.98 Å². The third-order valence-electron chi connectivity index (χ3n) is 5.31. The number of aryl methyl sites for hydroxylation is 2. The lowest BCUT2D eigenvalue weighted by Gasteiger charge is -2.19. The van der Waals surface area contributed by atoms with Crippen LogP contribution in [-0.4, -0.2) is 10.8 Å². The third-order valence-corrected chi connectivity index (χ3v) is 5.31. The molecule has 0 amide bonds. The Labute approximate surface area is 150 Å². The minimum atomic E-state index is 0.0161. The Bertz CT molecular complexity index is 1310. The summed E-state index contributed by atoms with van der Waals surface area (Å²) in [6, 6.07) is 15.6. The molecule has 0 saturated carbocycles. The van der Waals surface area contributed by atoms with Crippen LogP contribution in [0.3, 0.4) is 0 Å². The van der Waals surface area contributed by atoms with Gasteiger partial charge in [-0.25, -0.2) is 0 Å². The van der Waals surface area contributed by atoms with Gasteiger partial charge in [-0.05, 0) is 61.7 Å². The Hall–Kier alpha value is -3.20. The maximum atomic E-state index is 13.0. The van der Waals surface area contributed by atoms with Crippen molar-refractivity contribution in [2.45, 2.75) is 20.3 Å². The Morgan fingerprint density at radius 3 is 2.27 bits per heavy atom. The molecular formula is C23H17NO2. The van der Waals surface area contributed by atoms with Gasteiger partial charge in [-0.1, -0.05) is 29.3 Å². The molecule has 3 heteroatoms. The maximum absolute atomic E-state index is 13.0. The summed E-state index contributed by atoms with van der Waals surface area (Å²) < 4.78 is 0. The Balaban J connectivity index is 1.82. The summed E-state index contributed by atoms with van der Waals surface area (Å²) in [5, 5.41) is 1.33. The van der Waals surface area contributed by atoms with Gasteiger partial charge in [0.25, 0.3) is 0 Å². The van der Waals surface area contributed by atoms with E-state index in [0.717, 1.165) is 38.9 Å². The minimum Gasteiger partial charge on any atom is -0.354 e. The van der Waals surface area contributed by atoms with Crippen molar-refractivity contribution < 1.29 is 4.79 Å². The molecule has 3 aromatic carbocycles. The number of H-pyrrole nitrogens is 1. The summed E-state index contributed by atoms with van der Waals surface area (Å²) in [5.41, 5.74) is 7.09. The van der Waals surface area contributed by atoms with Crippen molar-refractivity contribution in [3.05, 3.63) is 92.1 Å². The topological polar surface area (TPSA) is 49.9 Å². The first kappa shape index (κ1) is 15.1. The van der Waals surface area contributed by atoms with Crippen molar-refractivity contribution in [3.63, 3.8) is 0 Å². The van der Waals surface area contributed by atoms with Crippen LogP contribution in [0.1, 0.15) is 38.2 Å². The fourth-order valence-electron chi connectivity index (χ4n) is 3.94. The van der Waals surface area contributed by atoms with E-state index in [4.69, 9.17) is 0 Å². The van der Waals surface area contributed by atoms with Crippen molar-refractivity contribution in [1.82, 2.24) is 4.98 Å². The molecule has 0 spiro atoms. The smallest absolute Gasteiger partial charge is 0.197 e. The number of rotatable bonds is 0. The molecule has 1 heterocycles. The molecule has 3 nitrogen and oxygen atoms in total. The second-order valence-corrected chi connectivity index (χ2v) is 7.22. The molecule has 0 aliphatic heterocycles. The van der Waals surface area contributed by atoms with E-state index < -0.39 is 0 Å². The predicted molar refractivity (Wildman–Crippen MR) is 104 cm³/mol. The van der Waals surface area contributed by atoms with E-state index in [-0.39, 0.29) is 11.2 Å². The number of ketones is 1. The van der Waals surface area contributed by atoms with Crippen molar-refractivity contribution in [1.29, 1.82) is 0 Å².